The molecule has 0 spiro atoms. The van der Waals surface area contributed by atoms with Crippen LogP contribution < -0.4 is 0 Å². The fraction of sp³-hybridized carbons (Fsp3) is 1.00. The second kappa shape index (κ2) is 4.69. The SMILES string of the molecule is CON(C)CN(C)OC. The molecule has 0 aliphatic heterocycles. The molecule has 9 heavy (non-hydrogen) atoms. The normalized spacial score (nSPS) is 11.3. The first-order valence-electron chi connectivity index (χ1n) is 2.71. The Bertz CT molecular complexity index is 62.0. The Balaban J connectivity index is 3.22. The molecule has 0 radical (unpaired) electrons. The van der Waals surface area contributed by atoms with E-state index in [-0.39, 0.29) is 0 Å². The number of rotatable bonds is 4. The van der Waals surface area contributed by atoms with Gasteiger partial charge >= 0.3 is 0 Å². The van der Waals surface area contributed by atoms with Gasteiger partial charge in [0.1, 0.15) is 0 Å². The third kappa shape index (κ3) is 4.35. The number of hydroxylamine groups is 4. The second-order valence-electron chi connectivity index (χ2n) is 1.76. The Hall–Kier alpha value is -0.160. The summed E-state index contributed by atoms with van der Waals surface area (Å²) in [5.41, 5.74) is 0. The van der Waals surface area contributed by atoms with Gasteiger partial charge in [0, 0.05) is 14.1 Å². The molecule has 0 saturated heterocycles. The summed E-state index contributed by atoms with van der Waals surface area (Å²) in [6.07, 6.45) is 0. The van der Waals surface area contributed by atoms with Crippen LogP contribution in [0.3, 0.4) is 0 Å². The van der Waals surface area contributed by atoms with Gasteiger partial charge in [0.05, 0.1) is 20.9 Å². The quantitative estimate of drug-likeness (QED) is 0.397. The third-order valence-electron chi connectivity index (χ3n) is 1.02. The van der Waals surface area contributed by atoms with Crippen molar-refractivity contribution in [3.63, 3.8) is 0 Å². The van der Waals surface area contributed by atoms with Crippen LogP contribution in [0.1, 0.15) is 0 Å². The Labute approximate surface area is 55.9 Å². The van der Waals surface area contributed by atoms with Gasteiger partial charge in [0.25, 0.3) is 0 Å². The lowest BCUT2D eigenvalue weighted by Gasteiger charge is -2.19. The van der Waals surface area contributed by atoms with Crippen LogP contribution in [0.2, 0.25) is 0 Å². The zero-order valence-electron chi connectivity index (χ0n) is 6.42. The molecule has 4 heteroatoms. The molecule has 0 heterocycles. The van der Waals surface area contributed by atoms with Crippen LogP contribution in [0.5, 0.6) is 0 Å². The van der Waals surface area contributed by atoms with Crippen LogP contribution in [0, 0.1) is 0 Å². The van der Waals surface area contributed by atoms with Crippen LogP contribution in [-0.4, -0.2) is 45.1 Å². The minimum Gasteiger partial charge on any atom is -0.301 e. The second-order valence-corrected chi connectivity index (χ2v) is 1.76. The summed E-state index contributed by atoms with van der Waals surface area (Å²) >= 11 is 0. The highest BCUT2D eigenvalue weighted by molar-refractivity contribution is 4.25. The van der Waals surface area contributed by atoms with Gasteiger partial charge in [-0.05, 0) is 0 Å². The van der Waals surface area contributed by atoms with Crippen LogP contribution in [0.4, 0.5) is 0 Å². The number of nitrogens with zero attached hydrogens (tertiary/aromatic N) is 2. The molecule has 0 unspecified atom stereocenters. The Morgan fingerprint density at radius 2 is 1.33 bits per heavy atom. The highest BCUT2D eigenvalue weighted by Gasteiger charge is 1.98. The molecule has 0 aliphatic carbocycles. The van der Waals surface area contributed by atoms with Gasteiger partial charge in [-0.15, -0.1) is 0 Å². The van der Waals surface area contributed by atoms with E-state index in [1.54, 1.807) is 24.3 Å². The van der Waals surface area contributed by atoms with Crippen molar-refractivity contribution in [3.05, 3.63) is 0 Å². The first-order chi connectivity index (χ1) is 4.20. The Morgan fingerprint density at radius 1 is 1.00 bits per heavy atom. The van der Waals surface area contributed by atoms with Crippen molar-refractivity contribution in [1.82, 2.24) is 10.1 Å². The third-order valence-corrected chi connectivity index (χ3v) is 1.02. The van der Waals surface area contributed by atoms with Gasteiger partial charge in [0.2, 0.25) is 0 Å². The summed E-state index contributed by atoms with van der Waals surface area (Å²) in [5, 5.41) is 3.31. The van der Waals surface area contributed by atoms with Crippen LogP contribution in [0.15, 0.2) is 0 Å². The van der Waals surface area contributed by atoms with Crippen LogP contribution >= 0.6 is 0 Å². The van der Waals surface area contributed by atoms with Crippen molar-refractivity contribution in [2.75, 3.05) is 35.0 Å². The van der Waals surface area contributed by atoms with Crippen molar-refractivity contribution in [2.24, 2.45) is 0 Å². The maximum atomic E-state index is 4.83. The molecular weight excluding hydrogens is 120 g/mol. The van der Waals surface area contributed by atoms with Gasteiger partial charge in [0.15, 0.2) is 0 Å². The molecule has 0 aromatic rings. The summed E-state index contributed by atoms with van der Waals surface area (Å²) in [5.74, 6) is 0. The lowest BCUT2D eigenvalue weighted by molar-refractivity contribution is -0.212. The predicted octanol–water partition coefficient (Wildman–Crippen LogP) is -0.0697. The van der Waals surface area contributed by atoms with E-state index in [4.69, 9.17) is 9.68 Å². The molecule has 0 atom stereocenters. The Morgan fingerprint density at radius 3 is 1.56 bits per heavy atom. The summed E-state index contributed by atoms with van der Waals surface area (Å²) in [6, 6.07) is 0. The molecule has 0 saturated carbocycles. The minimum absolute atomic E-state index is 0.632. The van der Waals surface area contributed by atoms with Crippen molar-refractivity contribution >= 4 is 0 Å². The maximum absolute atomic E-state index is 4.83. The van der Waals surface area contributed by atoms with Crippen LogP contribution in [0.25, 0.3) is 0 Å². The van der Waals surface area contributed by atoms with Crippen molar-refractivity contribution < 1.29 is 9.68 Å². The molecule has 0 N–H and O–H groups in total. The summed E-state index contributed by atoms with van der Waals surface area (Å²) in [7, 11) is 6.89. The lowest BCUT2D eigenvalue weighted by Crippen LogP contribution is -2.31. The van der Waals surface area contributed by atoms with Crippen LogP contribution in [-0.2, 0) is 9.68 Å². The molecule has 4 nitrogen and oxygen atoms in total. The Kier molecular flexibility index (Phi) is 4.61. The molecule has 0 aromatic carbocycles. The van der Waals surface area contributed by atoms with Gasteiger partial charge in [-0.3, -0.25) is 0 Å². The largest absolute Gasteiger partial charge is 0.301 e. The molecule has 56 valence electrons. The zero-order chi connectivity index (χ0) is 7.28. The van der Waals surface area contributed by atoms with Crippen molar-refractivity contribution in [2.45, 2.75) is 0 Å². The molecule has 0 aromatic heterocycles. The minimum atomic E-state index is 0.632. The first kappa shape index (κ1) is 8.84. The monoisotopic (exact) mass is 134 g/mol. The summed E-state index contributed by atoms with van der Waals surface area (Å²) in [4.78, 5) is 9.67. The van der Waals surface area contributed by atoms with E-state index < -0.39 is 0 Å². The average molecular weight is 134 g/mol. The van der Waals surface area contributed by atoms with E-state index in [0.717, 1.165) is 0 Å². The van der Waals surface area contributed by atoms with E-state index in [1.165, 1.54) is 0 Å². The van der Waals surface area contributed by atoms with Gasteiger partial charge in [-0.2, -0.15) is 10.1 Å². The lowest BCUT2D eigenvalue weighted by atomic mass is 10.9. The van der Waals surface area contributed by atoms with Gasteiger partial charge in [-0.1, -0.05) is 0 Å². The van der Waals surface area contributed by atoms with Crippen molar-refractivity contribution in [1.29, 1.82) is 0 Å². The topological polar surface area (TPSA) is 24.9 Å². The standard InChI is InChI=1S/C5H14N2O2/c1-6(8-3)5-7(2)9-4/h5H2,1-4H3. The van der Waals surface area contributed by atoms with E-state index in [9.17, 15) is 0 Å². The van der Waals surface area contributed by atoms with E-state index in [0.29, 0.717) is 6.67 Å². The molecule has 0 aliphatic rings. The average Bonchev–Trinajstić information content (AvgIpc) is 1.87. The highest BCUT2D eigenvalue weighted by Crippen LogP contribution is 1.85. The number of hydrogen-bond donors (Lipinski definition) is 0. The van der Waals surface area contributed by atoms with E-state index in [2.05, 4.69) is 0 Å². The maximum Gasteiger partial charge on any atom is 0.0993 e. The van der Waals surface area contributed by atoms with Crippen molar-refractivity contribution in [3.8, 4) is 0 Å². The molecule has 0 fully saturated rings. The highest BCUT2D eigenvalue weighted by atomic mass is 16.7. The summed E-state index contributed by atoms with van der Waals surface area (Å²) in [6.45, 7) is 0.632. The fourth-order valence-corrected chi connectivity index (χ4v) is 0.396. The molecule has 0 bridgehead atoms. The van der Waals surface area contributed by atoms with Gasteiger partial charge < -0.3 is 9.68 Å². The number of hydrogen-bond acceptors (Lipinski definition) is 4. The van der Waals surface area contributed by atoms with E-state index in [1.807, 2.05) is 14.1 Å². The van der Waals surface area contributed by atoms with Gasteiger partial charge in [-0.25, -0.2) is 0 Å². The molecule has 0 rings (SSSR count). The predicted molar refractivity (Wildman–Crippen MR) is 34.4 cm³/mol. The molecule has 0 amide bonds. The molecular formula is C5H14N2O2. The zero-order valence-corrected chi connectivity index (χ0v) is 6.42. The first-order valence-corrected chi connectivity index (χ1v) is 2.71. The fourth-order valence-electron chi connectivity index (χ4n) is 0.396. The smallest absolute Gasteiger partial charge is 0.0993 e. The van der Waals surface area contributed by atoms with E-state index >= 15 is 0 Å². The summed E-state index contributed by atoms with van der Waals surface area (Å²) < 4.78 is 0.